The molecular weight excluding hydrogens is 457 g/mol. The minimum absolute atomic E-state index is 0.121. The first-order chi connectivity index (χ1) is 15.0. The van der Waals surface area contributed by atoms with Crippen molar-refractivity contribution in [2.24, 2.45) is 11.1 Å². The number of halogens is 3. The van der Waals surface area contributed by atoms with Crippen molar-refractivity contribution in [2.75, 3.05) is 7.11 Å². The first-order valence-corrected chi connectivity index (χ1v) is 10.7. The second kappa shape index (κ2) is 9.31. The summed E-state index contributed by atoms with van der Waals surface area (Å²) in [6, 6.07) is 19.9. The maximum atomic E-state index is 12.5. The van der Waals surface area contributed by atoms with Crippen molar-refractivity contribution in [1.82, 2.24) is 0 Å². The van der Waals surface area contributed by atoms with Crippen LogP contribution in [0.4, 0.5) is 0 Å². The summed E-state index contributed by atoms with van der Waals surface area (Å²) in [4.78, 5) is 17.8. The third-order valence-corrected chi connectivity index (χ3v) is 6.20. The fourth-order valence-corrected chi connectivity index (χ4v) is 3.86. The summed E-state index contributed by atoms with van der Waals surface area (Å²) < 4.78 is 5.24. The van der Waals surface area contributed by atoms with Crippen LogP contribution in [0, 0.1) is 5.92 Å². The number of oxime groups is 1. The molecule has 158 valence electrons. The molecule has 3 aromatic carbocycles. The third-order valence-electron chi connectivity index (χ3n) is 5.21. The molecule has 2 atom stereocenters. The first kappa shape index (κ1) is 21.7. The molecule has 0 aromatic heterocycles. The number of hydrogen-bond donors (Lipinski definition) is 0. The predicted molar refractivity (Wildman–Crippen MR) is 124 cm³/mol. The lowest BCUT2D eigenvalue weighted by Crippen LogP contribution is -2.09. The second-order valence-electron chi connectivity index (χ2n) is 7.21. The van der Waals surface area contributed by atoms with Gasteiger partial charge in [0, 0.05) is 10.9 Å². The highest BCUT2D eigenvalue weighted by Gasteiger charge is 2.43. The van der Waals surface area contributed by atoms with Gasteiger partial charge in [0.15, 0.2) is 0 Å². The minimum atomic E-state index is -0.603. The Balaban J connectivity index is 1.59. The molecule has 0 radical (unpaired) electrons. The number of methoxy groups -OCH3 is 1. The summed E-state index contributed by atoms with van der Waals surface area (Å²) in [6.07, 6.45) is 0.900. The molecule has 4 rings (SSSR count). The van der Waals surface area contributed by atoms with Gasteiger partial charge in [0.2, 0.25) is 0 Å². The van der Waals surface area contributed by atoms with E-state index in [1.54, 1.807) is 19.2 Å². The molecule has 1 fully saturated rings. The van der Waals surface area contributed by atoms with Crippen LogP contribution in [0.5, 0.6) is 5.75 Å². The molecule has 0 spiro atoms. The molecule has 0 aliphatic heterocycles. The average Bonchev–Trinajstić information content (AvgIpc) is 3.57. The van der Waals surface area contributed by atoms with Crippen LogP contribution in [0.2, 0.25) is 15.1 Å². The highest BCUT2D eigenvalue weighted by molar-refractivity contribution is 6.42. The minimum Gasteiger partial charge on any atom is -0.497 e. The Morgan fingerprint density at radius 2 is 1.58 bits per heavy atom. The predicted octanol–water partition coefficient (Wildman–Crippen LogP) is 7.02. The zero-order chi connectivity index (χ0) is 22.0. The zero-order valence-corrected chi connectivity index (χ0v) is 18.8. The van der Waals surface area contributed by atoms with Crippen molar-refractivity contribution in [1.29, 1.82) is 0 Å². The number of carbonyl (C=O) groups excluding carboxylic acids is 1. The van der Waals surface area contributed by atoms with E-state index in [4.69, 9.17) is 44.4 Å². The molecule has 4 nitrogen and oxygen atoms in total. The van der Waals surface area contributed by atoms with E-state index < -0.39 is 5.97 Å². The maximum Gasteiger partial charge on any atom is 0.365 e. The highest BCUT2D eigenvalue weighted by atomic mass is 35.5. The van der Waals surface area contributed by atoms with Gasteiger partial charge < -0.3 is 9.57 Å². The third kappa shape index (κ3) is 5.04. The Labute approximate surface area is 195 Å². The van der Waals surface area contributed by atoms with E-state index in [1.165, 1.54) is 11.6 Å². The van der Waals surface area contributed by atoms with Crippen LogP contribution in [0.1, 0.15) is 33.8 Å². The topological polar surface area (TPSA) is 47.9 Å². The van der Waals surface area contributed by atoms with Crippen molar-refractivity contribution >= 4 is 46.5 Å². The molecule has 0 unspecified atom stereocenters. The molecule has 7 heteroatoms. The molecule has 0 N–H and O–H groups in total. The van der Waals surface area contributed by atoms with Crippen LogP contribution in [-0.2, 0) is 4.84 Å². The summed E-state index contributed by atoms with van der Waals surface area (Å²) in [6.45, 7) is 0. The van der Waals surface area contributed by atoms with Crippen LogP contribution in [0.3, 0.4) is 0 Å². The monoisotopic (exact) mass is 473 g/mol. The summed E-state index contributed by atoms with van der Waals surface area (Å²) in [5.74, 6) is 0.534. The fraction of sp³-hybridized carbons (Fsp3) is 0.167. The van der Waals surface area contributed by atoms with Gasteiger partial charge in [-0.15, -0.1) is 0 Å². The molecule has 0 bridgehead atoms. The first-order valence-electron chi connectivity index (χ1n) is 9.60. The van der Waals surface area contributed by atoms with Crippen molar-refractivity contribution in [2.45, 2.75) is 12.3 Å². The van der Waals surface area contributed by atoms with E-state index in [-0.39, 0.29) is 22.4 Å². The summed E-state index contributed by atoms with van der Waals surface area (Å²) in [7, 11) is 1.61. The Morgan fingerprint density at radius 1 is 0.903 bits per heavy atom. The largest absolute Gasteiger partial charge is 0.497 e. The maximum absolute atomic E-state index is 12.5. The van der Waals surface area contributed by atoms with Crippen molar-refractivity contribution < 1.29 is 14.4 Å². The van der Waals surface area contributed by atoms with Crippen LogP contribution in [0.25, 0.3) is 0 Å². The Morgan fingerprint density at radius 3 is 2.23 bits per heavy atom. The molecule has 1 aliphatic rings. The Bertz CT molecular complexity index is 1130. The highest BCUT2D eigenvalue weighted by Crippen LogP contribution is 2.49. The number of benzene rings is 3. The van der Waals surface area contributed by atoms with E-state index in [0.29, 0.717) is 15.8 Å². The summed E-state index contributed by atoms with van der Waals surface area (Å²) >= 11 is 17.9. The lowest BCUT2D eigenvalue weighted by atomic mass is 10.0. The van der Waals surface area contributed by atoms with Crippen molar-refractivity contribution in [3.05, 3.63) is 98.5 Å². The van der Waals surface area contributed by atoms with E-state index in [1.807, 2.05) is 48.5 Å². The second-order valence-corrected chi connectivity index (χ2v) is 8.46. The van der Waals surface area contributed by atoms with Gasteiger partial charge >= 0.3 is 5.97 Å². The van der Waals surface area contributed by atoms with E-state index >= 15 is 0 Å². The van der Waals surface area contributed by atoms with Crippen LogP contribution >= 0.6 is 34.8 Å². The molecule has 0 heterocycles. The summed E-state index contributed by atoms with van der Waals surface area (Å²) in [5.41, 5.74) is 3.02. The molecule has 0 saturated heterocycles. The van der Waals surface area contributed by atoms with Gasteiger partial charge in [-0.2, -0.15) is 0 Å². The lowest BCUT2D eigenvalue weighted by molar-refractivity contribution is 0.0515. The Kier molecular flexibility index (Phi) is 6.51. The number of hydrogen-bond acceptors (Lipinski definition) is 4. The van der Waals surface area contributed by atoms with Crippen molar-refractivity contribution in [3.63, 3.8) is 0 Å². The van der Waals surface area contributed by atoms with E-state index in [2.05, 4.69) is 5.16 Å². The zero-order valence-electron chi connectivity index (χ0n) is 16.5. The van der Waals surface area contributed by atoms with Crippen LogP contribution < -0.4 is 4.74 Å². The summed E-state index contributed by atoms with van der Waals surface area (Å²) in [5, 5.41) is 5.60. The number of rotatable bonds is 6. The molecular formula is C24H18Cl3NO3. The van der Waals surface area contributed by atoms with Gasteiger partial charge in [-0.1, -0.05) is 52.1 Å². The van der Waals surface area contributed by atoms with E-state index in [0.717, 1.165) is 17.7 Å². The molecule has 1 aliphatic carbocycles. The molecule has 1 saturated carbocycles. The number of nitrogens with zero attached hydrogens (tertiary/aromatic N) is 1. The molecule has 31 heavy (non-hydrogen) atoms. The smallest absolute Gasteiger partial charge is 0.365 e. The average molecular weight is 475 g/mol. The SMILES string of the molecule is COc1ccc(/C(=N/OC(=O)c2ccc(Cl)c(Cl)c2)[C@H]2C[C@@H]2c2ccc(Cl)cc2)cc1. The molecule has 0 amide bonds. The van der Waals surface area contributed by atoms with Crippen LogP contribution in [-0.4, -0.2) is 18.8 Å². The lowest BCUT2D eigenvalue weighted by Gasteiger charge is -2.08. The fourth-order valence-electron chi connectivity index (χ4n) is 3.44. The van der Waals surface area contributed by atoms with Crippen LogP contribution in [0.15, 0.2) is 71.9 Å². The molecule has 3 aromatic rings. The Hall–Kier alpha value is -2.53. The van der Waals surface area contributed by atoms with Gasteiger partial charge in [0.25, 0.3) is 0 Å². The number of carbonyl (C=O) groups is 1. The van der Waals surface area contributed by atoms with Gasteiger partial charge in [-0.3, -0.25) is 0 Å². The number of ether oxygens (including phenoxy) is 1. The van der Waals surface area contributed by atoms with Gasteiger partial charge in [-0.25, -0.2) is 4.79 Å². The van der Waals surface area contributed by atoms with Gasteiger partial charge in [-0.05, 0) is 78.1 Å². The van der Waals surface area contributed by atoms with Gasteiger partial charge in [0.1, 0.15) is 5.75 Å². The van der Waals surface area contributed by atoms with Gasteiger partial charge in [0.05, 0.1) is 28.4 Å². The quantitative estimate of drug-likeness (QED) is 0.219. The standard InChI is InChI=1S/C24H18Cl3NO3/c1-30-18-9-4-15(5-10-18)23(20-13-19(20)14-2-7-17(25)8-3-14)28-31-24(29)16-6-11-21(26)22(27)12-16/h2-12,19-20H,13H2,1H3/b28-23-/t19-,20+/m1/s1. The van der Waals surface area contributed by atoms with Crippen molar-refractivity contribution in [3.8, 4) is 5.75 Å². The van der Waals surface area contributed by atoms with E-state index in [9.17, 15) is 4.79 Å². The normalized spacial score (nSPS) is 17.9.